The van der Waals surface area contributed by atoms with Crippen LogP contribution in [0.3, 0.4) is 0 Å². The van der Waals surface area contributed by atoms with Crippen molar-refractivity contribution in [2.75, 3.05) is 0 Å². The first kappa shape index (κ1) is 11.2. The van der Waals surface area contributed by atoms with Gasteiger partial charge < -0.3 is 0 Å². The third kappa shape index (κ3) is 2.10. The summed E-state index contributed by atoms with van der Waals surface area (Å²) in [6, 6.07) is 6.92. The Labute approximate surface area is 102 Å². The van der Waals surface area contributed by atoms with Crippen LogP contribution in [0.1, 0.15) is 5.56 Å². The van der Waals surface area contributed by atoms with Crippen LogP contribution in [0, 0.1) is 6.92 Å². The first-order valence-electron chi connectivity index (χ1n) is 4.59. The maximum Gasteiger partial charge on any atom is 0.272 e. The fourth-order valence-corrected chi connectivity index (χ4v) is 1.69. The molecule has 0 spiro atoms. The molecule has 0 aliphatic rings. The largest absolute Gasteiger partial charge is 0.272 e. The second kappa shape index (κ2) is 4.28. The van der Waals surface area contributed by atoms with Crippen molar-refractivity contribution >= 4 is 23.2 Å². The van der Waals surface area contributed by atoms with Gasteiger partial charge in [-0.1, -0.05) is 35.3 Å². The molecule has 0 unspecified atom stereocenters. The summed E-state index contributed by atoms with van der Waals surface area (Å²) in [5, 5.41) is 6.78. The van der Waals surface area contributed by atoms with E-state index in [1.165, 1.54) is 6.07 Å². The van der Waals surface area contributed by atoms with Crippen LogP contribution in [0.15, 0.2) is 29.1 Å². The number of rotatable bonds is 1. The number of nitrogens with one attached hydrogen (secondary N) is 1. The number of halogens is 2. The van der Waals surface area contributed by atoms with E-state index in [0.29, 0.717) is 10.6 Å². The van der Waals surface area contributed by atoms with E-state index in [1.54, 1.807) is 6.07 Å². The minimum absolute atomic E-state index is 0.242. The summed E-state index contributed by atoms with van der Waals surface area (Å²) < 4.78 is 0. The van der Waals surface area contributed by atoms with Crippen LogP contribution in [-0.4, -0.2) is 10.2 Å². The number of hydrogen-bond acceptors (Lipinski definition) is 2. The topological polar surface area (TPSA) is 45.8 Å². The molecule has 0 amide bonds. The molecule has 0 fully saturated rings. The van der Waals surface area contributed by atoms with E-state index < -0.39 is 0 Å². The third-order valence-corrected chi connectivity index (χ3v) is 2.86. The molecule has 0 aliphatic carbocycles. The molecule has 1 heterocycles. The molecule has 1 N–H and O–H groups in total. The molecule has 5 heteroatoms. The molecule has 0 radical (unpaired) electrons. The lowest BCUT2D eigenvalue weighted by Gasteiger charge is -2.03. The molecule has 0 saturated heterocycles. The predicted molar refractivity (Wildman–Crippen MR) is 65.1 cm³/mol. The van der Waals surface area contributed by atoms with Gasteiger partial charge >= 0.3 is 0 Å². The maximum atomic E-state index is 11.5. The van der Waals surface area contributed by atoms with E-state index in [4.69, 9.17) is 23.2 Å². The minimum Gasteiger partial charge on any atom is -0.267 e. The zero-order valence-electron chi connectivity index (χ0n) is 8.42. The standard InChI is InChI=1S/C11H8Cl2N2O/c1-6-2-3-7(4-9(6)12)8-5-10(13)14-15-11(8)16/h2-5H,1H3,(H,15,16). The molecule has 3 nitrogen and oxygen atoms in total. The monoisotopic (exact) mass is 254 g/mol. The lowest BCUT2D eigenvalue weighted by atomic mass is 10.1. The summed E-state index contributed by atoms with van der Waals surface area (Å²) in [4.78, 5) is 11.5. The van der Waals surface area contributed by atoms with Gasteiger partial charge in [-0.15, -0.1) is 0 Å². The Kier molecular flexibility index (Phi) is 2.99. The zero-order valence-corrected chi connectivity index (χ0v) is 9.93. The number of aryl methyl sites for hydroxylation is 1. The highest BCUT2D eigenvalue weighted by Gasteiger charge is 2.06. The van der Waals surface area contributed by atoms with Gasteiger partial charge in [0.2, 0.25) is 0 Å². The van der Waals surface area contributed by atoms with Crippen molar-refractivity contribution in [3.63, 3.8) is 0 Å². The number of aromatic amines is 1. The van der Waals surface area contributed by atoms with E-state index in [0.717, 1.165) is 11.1 Å². The normalized spacial score (nSPS) is 10.4. The van der Waals surface area contributed by atoms with Crippen LogP contribution in [-0.2, 0) is 0 Å². The molecule has 82 valence electrons. The van der Waals surface area contributed by atoms with Crippen LogP contribution in [0.25, 0.3) is 11.1 Å². The number of H-pyrrole nitrogens is 1. The molecule has 2 aromatic rings. The second-order valence-corrected chi connectivity index (χ2v) is 4.19. The number of hydrogen-bond donors (Lipinski definition) is 1. The Morgan fingerprint density at radius 3 is 2.69 bits per heavy atom. The molecular formula is C11H8Cl2N2O. The maximum absolute atomic E-state index is 11.5. The molecule has 16 heavy (non-hydrogen) atoms. The Hall–Kier alpha value is -1.32. The molecular weight excluding hydrogens is 247 g/mol. The summed E-state index contributed by atoms with van der Waals surface area (Å²) in [7, 11) is 0. The summed E-state index contributed by atoms with van der Waals surface area (Å²) in [5.41, 5.74) is 1.86. The van der Waals surface area contributed by atoms with Crippen molar-refractivity contribution in [3.05, 3.63) is 50.4 Å². The van der Waals surface area contributed by atoms with Crippen LogP contribution >= 0.6 is 23.2 Å². The van der Waals surface area contributed by atoms with Gasteiger partial charge in [-0.25, -0.2) is 5.10 Å². The molecule has 1 aromatic carbocycles. The highest BCUT2D eigenvalue weighted by atomic mass is 35.5. The SMILES string of the molecule is Cc1ccc(-c2cc(Cl)n[nH]c2=O)cc1Cl. The predicted octanol–water partition coefficient (Wildman–Crippen LogP) is 3.05. The van der Waals surface area contributed by atoms with Crippen LogP contribution in [0.5, 0.6) is 0 Å². The summed E-state index contributed by atoms with van der Waals surface area (Å²) >= 11 is 11.7. The van der Waals surface area contributed by atoms with Crippen molar-refractivity contribution in [2.45, 2.75) is 6.92 Å². The van der Waals surface area contributed by atoms with Gasteiger partial charge in [-0.3, -0.25) is 4.79 Å². The Bertz CT molecular complexity index is 593. The highest BCUT2D eigenvalue weighted by Crippen LogP contribution is 2.23. The fraction of sp³-hybridized carbons (Fsp3) is 0.0909. The van der Waals surface area contributed by atoms with E-state index >= 15 is 0 Å². The number of nitrogens with zero attached hydrogens (tertiary/aromatic N) is 1. The number of benzene rings is 1. The van der Waals surface area contributed by atoms with Crippen LogP contribution in [0.2, 0.25) is 10.2 Å². The van der Waals surface area contributed by atoms with Gasteiger partial charge in [-0.2, -0.15) is 5.10 Å². The lowest BCUT2D eigenvalue weighted by Crippen LogP contribution is -2.10. The first-order chi connectivity index (χ1) is 7.58. The summed E-state index contributed by atoms with van der Waals surface area (Å²) in [6.45, 7) is 1.90. The van der Waals surface area contributed by atoms with E-state index in [9.17, 15) is 4.79 Å². The molecule has 1 aromatic heterocycles. The third-order valence-electron chi connectivity index (χ3n) is 2.26. The van der Waals surface area contributed by atoms with Crippen LogP contribution < -0.4 is 5.56 Å². The van der Waals surface area contributed by atoms with Crippen molar-refractivity contribution in [2.24, 2.45) is 0 Å². The minimum atomic E-state index is -0.288. The molecule has 2 rings (SSSR count). The Morgan fingerprint density at radius 2 is 2.00 bits per heavy atom. The number of aromatic nitrogens is 2. The molecule has 0 aliphatic heterocycles. The van der Waals surface area contributed by atoms with E-state index in [-0.39, 0.29) is 10.7 Å². The zero-order chi connectivity index (χ0) is 11.7. The Morgan fingerprint density at radius 1 is 1.25 bits per heavy atom. The van der Waals surface area contributed by atoms with Crippen molar-refractivity contribution in [1.82, 2.24) is 10.2 Å². The van der Waals surface area contributed by atoms with Gasteiger partial charge in [0.15, 0.2) is 0 Å². The van der Waals surface area contributed by atoms with E-state index in [2.05, 4.69) is 10.2 Å². The van der Waals surface area contributed by atoms with Gasteiger partial charge in [0.25, 0.3) is 5.56 Å². The molecule has 0 saturated carbocycles. The van der Waals surface area contributed by atoms with Gasteiger partial charge in [-0.05, 0) is 30.2 Å². The second-order valence-electron chi connectivity index (χ2n) is 3.40. The average molecular weight is 255 g/mol. The first-order valence-corrected chi connectivity index (χ1v) is 5.35. The van der Waals surface area contributed by atoms with Gasteiger partial charge in [0, 0.05) is 5.02 Å². The lowest BCUT2D eigenvalue weighted by molar-refractivity contribution is 0.992. The van der Waals surface area contributed by atoms with Gasteiger partial charge in [0.05, 0.1) is 5.56 Å². The average Bonchev–Trinajstić information content (AvgIpc) is 2.26. The van der Waals surface area contributed by atoms with Gasteiger partial charge in [0.1, 0.15) is 5.15 Å². The molecule has 0 bridgehead atoms. The summed E-state index contributed by atoms with van der Waals surface area (Å²) in [6.07, 6.45) is 0. The van der Waals surface area contributed by atoms with Crippen LogP contribution in [0.4, 0.5) is 0 Å². The highest BCUT2D eigenvalue weighted by molar-refractivity contribution is 6.31. The van der Waals surface area contributed by atoms with E-state index in [1.807, 2.05) is 19.1 Å². The smallest absolute Gasteiger partial charge is 0.267 e. The van der Waals surface area contributed by atoms with Crippen molar-refractivity contribution in [1.29, 1.82) is 0 Å². The molecule has 0 atom stereocenters. The van der Waals surface area contributed by atoms with Crippen molar-refractivity contribution < 1.29 is 0 Å². The Balaban J connectivity index is 2.63. The van der Waals surface area contributed by atoms with Crippen molar-refractivity contribution in [3.8, 4) is 11.1 Å². The quantitative estimate of drug-likeness (QED) is 0.851. The summed E-state index contributed by atoms with van der Waals surface area (Å²) in [5.74, 6) is 0. The fourth-order valence-electron chi connectivity index (χ4n) is 1.36.